The maximum absolute atomic E-state index is 13.8. The van der Waals surface area contributed by atoms with E-state index in [-0.39, 0.29) is 61.2 Å². The minimum absolute atomic E-state index is 0.0736. The van der Waals surface area contributed by atoms with Crippen LogP contribution in [0.4, 0.5) is 10.1 Å². The van der Waals surface area contributed by atoms with Gasteiger partial charge in [-0.25, -0.2) is 4.39 Å². The maximum atomic E-state index is 13.8. The summed E-state index contributed by atoms with van der Waals surface area (Å²) in [4.78, 5) is 40.3. The van der Waals surface area contributed by atoms with Crippen molar-refractivity contribution in [2.45, 2.75) is 56.9 Å². The fourth-order valence-electron chi connectivity index (χ4n) is 5.42. The van der Waals surface area contributed by atoms with Gasteiger partial charge in [-0.05, 0) is 49.9 Å². The number of nitrogens with one attached hydrogen (secondary N) is 2. The average Bonchev–Trinajstić information content (AvgIpc) is 2.95. The highest BCUT2D eigenvalue weighted by molar-refractivity contribution is 6.00. The molecule has 0 aromatic heterocycles. The molecule has 0 unspecified atom stereocenters. The molecule has 0 aliphatic carbocycles. The van der Waals surface area contributed by atoms with Gasteiger partial charge in [0.1, 0.15) is 24.3 Å². The van der Waals surface area contributed by atoms with Gasteiger partial charge in [0, 0.05) is 44.0 Å². The van der Waals surface area contributed by atoms with Crippen molar-refractivity contribution in [3.8, 4) is 5.75 Å². The Kier molecular flexibility index (Phi) is 8.42. The number of benzene rings is 2. The van der Waals surface area contributed by atoms with Crippen molar-refractivity contribution < 1.29 is 33.0 Å². The zero-order chi connectivity index (χ0) is 27.4. The third-order valence-electron chi connectivity index (χ3n) is 7.72. The molecule has 208 valence electrons. The first-order valence-corrected chi connectivity index (χ1v) is 13.5. The molecular weight excluding hydrogens is 505 g/mol. The van der Waals surface area contributed by atoms with E-state index in [4.69, 9.17) is 14.2 Å². The lowest BCUT2D eigenvalue weighted by Crippen LogP contribution is -2.53. The van der Waals surface area contributed by atoms with E-state index in [0.29, 0.717) is 61.5 Å². The molecule has 2 N–H and O–H groups in total. The van der Waals surface area contributed by atoms with Gasteiger partial charge < -0.3 is 29.7 Å². The Morgan fingerprint density at radius 3 is 2.67 bits per heavy atom. The highest BCUT2D eigenvalue weighted by Crippen LogP contribution is 2.33. The second-order valence-corrected chi connectivity index (χ2v) is 10.3. The van der Waals surface area contributed by atoms with Crippen LogP contribution in [-0.2, 0) is 25.6 Å². The number of hydrogen-bond acceptors (Lipinski definition) is 6. The van der Waals surface area contributed by atoms with Gasteiger partial charge in [0.05, 0.1) is 24.1 Å². The number of nitrogens with zero attached hydrogens (tertiary/aromatic N) is 1. The van der Waals surface area contributed by atoms with Gasteiger partial charge >= 0.3 is 0 Å². The molecule has 2 aromatic carbocycles. The molecule has 3 aliphatic rings. The third kappa shape index (κ3) is 6.39. The standard InChI is InChI=1S/C29H34FN3O6/c1-33-24-8-7-21(15-27(34)31-16-19-4-2-3-5-23(19)30)39-26(24)17-38-25-9-6-20(14-22(25)29(33)36)32-28(35)18-10-12-37-13-11-18/h2-6,9,14,18,21,24,26H,7-8,10-13,15-17H2,1H3,(H,31,34)(H,32,35)/t21-,24+,26+/m0/s1. The van der Waals surface area contributed by atoms with Crippen LogP contribution in [0.15, 0.2) is 42.5 Å². The molecule has 3 heterocycles. The monoisotopic (exact) mass is 539 g/mol. The molecule has 0 saturated carbocycles. The van der Waals surface area contributed by atoms with Crippen molar-refractivity contribution in [3.63, 3.8) is 0 Å². The molecule has 5 rings (SSSR count). The number of rotatable bonds is 6. The molecule has 2 saturated heterocycles. The highest BCUT2D eigenvalue weighted by Gasteiger charge is 2.39. The van der Waals surface area contributed by atoms with Gasteiger partial charge in [-0.1, -0.05) is 18.2 Å². The molecule has 0 radical (unpaired) electrons. The Labute approximate surface area is 227 Å². The van der Waals surface area contributed by atoms with Gasteiger partial charge in [0.2, 0.25) is 11.8 Å². The van der Waals surface area contributed by atoms with Gasteiger partial charge in [0.25, 0.3) is 5.91 Å². The molecule has 9 nitrogen and oxygen atoms in total. The fraction of sp³-hybridized carbons (Fsp3) is 0.483. The summed E-state index contributed by atoms with van der Waals surface area (Å²) >= 11 is 0. The Morgan fingerprint density at radius 2 is 1.87 bits per heavy atom. The highest BCUT2D eigenvalue weighted by atomic mass is 19.1. The number of carbonyl (C=O) groups is 3. The number of fused-ring (bicyclic) bond motifs is 2. The van der Waals surface area contributed by atoms with Crippen molar-refractivity contribution in [1.82, 2.24) is 10.2 Å². The van der Waals surface area contributed by atoms with Crippen LogP contribution < -0.4 is 15.4 Å². The Morgan fingerprint density at radius 1 is 1.08 bits per heavy atom. The largest absolute Gasteiger partial charge is 0.490 e. The van der Waals surface area contributed by atoms with Gasteiger partial charge in [-0.2, -0.15) is 0 Å². The van der Waals surface area contributed by atoms with Crippen LogP contribution in [-0.4, -0.2) is 67.7 Å². The number of hydrogen-bond donors (Lipinski definition) is 2. The van der Waals surface area contributed by atoms with Crippen LogP contribution in [0.3, 0.4) is 0 Å². The van der Waals surface area contributed by atoms with Gasteiger partial charge in [0.15, 0.2) is 0 Å². The van der Waals surface area contributed by atoms with E-state index in [1.807, 2.05) is 0 Å². The summed E-state index contributed by atoms with van der Waals surface area (Å²) in [6.07, 6.45) is 2.01. The molecule has 3 aliphatic heterocycles. The first-order chi connectivity index (χ1) is 18.9. The lowest BCUT2D eigenvalue weighted by atomic mass is 9.94. The lowest BCUT2D eigenvalue weighted by molar-refractivity contribution is -0.134. The van der Waals surface area contributed by atoms with E-state index in [1.54, 1.807) is 48.3 Å². The topological polar surface area (TPSA) is 106 Å². The van der Waals surface area contributed by atoms with Crippen LogP contribution in [0.1, 0.15) is 48.0 Å². The molecule has 3 amide bonds. The summed E-state index contributed by atoms with van der Waals surface area (Å²) < 4.78 is 31.4. The van der Waals surface area contributed by atoms with Crippen molar-refractivity contribution in [3.05, 3.63) is 59.4 Å². The van der Waals surface area contributed by atoms with E-state index < -0.39 is 6.10 Å². The Bertz CT molecular complexity index is 1220. The molecule has 2 fully saturated rings. The molecule has 39 heavy (non-hydrogen) atoms. The number of likely N-dealkylation sites (N-methyl/N-ethyl adjacent to an activating group) is 1. The number of amides is 3. The number of anilines is 1. The zero-order valence-electron chi connectivity index (χ0n) is 22.0. The van der Waals surface area contributed by atoms with Gasteiger partial charge in [-0.15, -0.1) is 0 Å². The van der Waals surface area contributed by atoms with E-state index in [1.165, 1.54) is 6.07 Å². The second-order valence-electron chi connectivity index (χ2n) is 10.3. The molecule has 2 aromatic rings. The maximum Gasteiger partial charge on any atom is 0.257 e. The van der Waals surface area contributed by atoms with E-state index in [9.17, 15) is 18.8 Å². The number of carbonyl (C=O) groups excluding carboxylic acids is 3. The predicted molar refractivity (Wildman–Crippen MR) is 141 cm³/mol. The normalized spacial score (nSPS) is 23.5. The molecule has 0 spiro atoms. The smallest absolute Gasteiger partial charge is 0.257 e. The van der Waals surface area contributed by atoms with Crippen molar-refractivity contribution >= 4 is 23.4 Å². The van der Waals surface area contributed by atoms with E-state index in [2.05, 4.69) is 10.6 Å². The summed E-state index contributed by atoms with van der Waals surface area (Å²) in [6.45, 7) is 1.47. The number of halogens is 1. The van der Waals surface area contributed by atoms with E-state index in [0.717, 1.165) is 0 Å². The minimum Gasteiger partial charge on any atom is -0.490 e. The first-order valence-electron chi connectivity index (χ1n) is 13.5. The first kappa shape index (κ1) is 27.1. The molecule has 10 heteroatoms. The quantitative estimate of drug-likeness (QED) is 0.584. The summed E-state index contributed by atoms with van der Waals surface area (Å²) in [6, 6.07) is 11.2. The molecular formula is C29H34FN3O6. The summed E-state index contributed by atoms with van der Waals surface area (Å²) in [7, 11) is 1.74. The third-order valence-corrected chi connectivity index (χ3v) is 7.72. The second kappa shape index (κ2) is 12.1. The zero-order valence-corrected chi connectivity index (χ0v) is 22.0. The Balaban J connectivity index is 1.20. The SMILES string of the molecule is CN1C(=O)c2cc(NC(=O)C3CCOCC3)ccc2OC[C@H]2O[C@H](CC(=O)NCc3ccccc3F)CC[C@H]21. The average molecular weight is 540 g/mol. The van der Waals surface area contributed by atoms with Crippen molar-refractivity contribution in [1.29, 1.82) is 0 Å². The minimum atomic E-state index is -0.405. The van der Waals surface area contributed by atoms with Crippen molar-refractivity contribution in [2.75, 3.05) is 32.2 Å². The predicted octanol–water partition coefficient (Wildman–Crippen LogP) is 3.28. The fourth-order valence-corrected chi connectivity index (χ4v) is 5.42. The molecule has 3 atom stereocenters. The lowest BCUT2D eigenvalue weighted by Gasteiger charge is -2.42. The van der Waals surface area contributed by atoms with Crippen LogP contribution in [0.25, 0.3) is 0 Å². The van der Waals surface area contributed by atoms with Crippen LogP contribution in [0, 0.1) is 11.7 Å². The van der Waals surface area contributed by atoms with Gasteiger partial charge in [-0.3, -0.25) is 14.4 Å². The number of ether oxygens (including phenoxy) is 3. The molecule has 0 bridgehead atoms. The van der Waals surface area contributed by atoms with Crippen molar-refractivity contribution in [2.24, 2.45) is 5.92 Å². The summed E-state index contributed by atoms with van der Waals surface area (Å²) in [5.41, 5.74) is 1.36. The van der Waals surface area contributed by atoms with Crippen LogP contribution in [0.2, 0.25) is 0 Å². The van der Waals surface area contributed by atoms with Crippen LogP contribution in [0.5, 0.6) is 5.75 Å². The summed E-state index contributed by atoms with van der Waals surface area (Å²) in [5, 5.41) is 5.69. The van der Waals surface area contributed by atoms with E-state index >= 15 is 0 Å². The summed E-state index contributed by atoms with van der Waals surface area (Å²) in [5.74, 6) is -0.559. The Hall–Kier alpha value is -3.50. The van der Waals surface area contributed by atoms with Crippen LogP contribution >= 0.6 is 0 Å².